The van der Waals surface area contributed by atoms with Gasteiger partial charge in [-0.2, -0.15) is 0 Å². The fourth-order valence-corrected chi connectivity index (χ4v) is 2.47. The summed E-state index contributed by atoms with van der Waals surface area (Å²) < 4.78 is 10.1. The number of hydrogen-bond acceptors (Lipinski definition) is 6. The first-order valence-electron chi connectivity index (χ1n) is 6.17. The van der Waals surface area contributed by atoms with Gasteiger partial charge in [0, 0.05) is 11.4 Å². The van der Waals surface area contributed by atoms with Crippen molar-refractivity contribution in [2.45, 2.75) is 6.92 Å². The first-order valence-corrected chi connectivity index (χ1v) is 6.98. The van der Waals surface area contributed by atoms with E-state index in [4.69, 9.17) is 14.3 Å². The number of thiazole rings is 1. The lowest BCUT2D eigenvalue weighted by Gasteiger charge is -2.03. The number of amides is 1. The van der Waals surface area contributed by atoms with Crippen molar-refractivity contribution >= 4 is 23.2 Å². The number of nitrogens with zero attached hydrogens (tertiary/aromatic N) is 1. The number of carboxylic acid groups (broad SMARTS) is 1. The van der Waals surface area contributed by atoms with Crippen LogP contribution >= 0.6 is 11.3 Å². The number of nitrogens with one attached hydrogen (secondary N) is 1. The Morgan fingerprint density at radius 2 is 2.33 bits per heavy atom. The standard InChI is InChI=1S/C13H14N2O5S/c1-8-11(12(18)14-4-6-19-7-10(16)17)15-13(21-8)9-3-2-5-20-9/h2-3,5H,4,6-7H2,1H3,(H,14,18)(H,16,17). The summed E-state index contributed by atoms with van der Waals surface area (Å²) in [5, 5.41) is 11.7. The van der Waals surface area contributed by atoms with Gasteiger partial charge in [0.1, 0.15) is 12.3 Å². The van der Waals surface area contributed by atoms with Gasteiger partial charge in [-0.1, -0.05) is 0 Å². The highest BCUT2D eigenvalue weighted by molar-refractivity contribution is 7.15. The lowest BCUT2D eigenvalue weighted by atomic mass is 10.3. The van der Waals surface area contributed by atoms with E-state index in [0.717, 1.165) is 4.88 Å². The van der Waals surface area contributed by atoms with E-state index in [9.17, 15) is 9.59 Å². The summed E-state index contributed by atoms with van der Waals surface area (Å²) in [4.78, 5) is 27.3. The van der Waals surface area contributed by atoms with Crippen LogP contribution in [0, 0.1) is 6.92 Å². The maximum absolute atomic E-state index is 12.0. The Labute approximate surface area is 124 Å². The number of ether oxygens (including phenoxy) is 1. The van der Waals surface area contributed by atoms with Crippen LogP contribution in [0.1, 0.15) is 15.4 Å². The quantitative estimate of drug-likeness (QED) is 0.752. The van der Waals surface area contributed by atoms with Crippen LogP contribution in [0.25, 0.3) is 10.8 Å². The monoisotopic (exact) mass is 310 g/mol. The number of aromatic nitrogens is 1. The van der Waals surface area contributed by atoms with E-state index in [0.29, 0.717) is 16.5 Å². The van der Waals surface area contributed by atoms with Crippen molar-refractivity contribution in [1.82, 2.24) is 10.3 Å². The summed E-state index contributed by atoms with van der Waals surface area (Å²) in [6.45, 7) is 1.78. The summed E-state index contributed by atoms with van der Waals surface area (Å²) in [5.41, 5.74) is 0.338. The molecular formula is C13H14N2O5S. The fraction of sp³-hybridized carbons (Fsp3) is 0.308. The Morgan fingerprint density at radius 1 is 1.52 bits per heavy atom. The number of furan rings is 1. The topological polar surface area (TPSA) is 102 Å². The molecule has 0 aliphatic rings. The van der Waals surface area contributed by atoms with Gasteiger partial charge in [-0.3, -0.25) is 4.79 Å². The molecule has 0 unspecified atom stereocenters. The van der Waals surface area contributed by atoms with Crippen LogP contribution < -0.4 is 5.32 Å². The minimum Gasteiger partial charge on any atom is -0.480 e. The minimum atomic E-state index is -1.04. The van der Waals surface area contributed by atoms with E-state index >= 15 is 0 Å². The molecular weight excluding hydrogens is 296 g/mol. The zero-order valence-electron chi connectivity index (χ0n) is 11.3. The van der Waals surface area contributed by atoms with E-state index in [1.165, 1.54) is 11.3 Å². The number of carbonyl (C=O) groups excluding carboxylic acids is 1. The molecule has 1 amide bonds. The van der Waals surface area contributed by atoms with Crippen molar-refractivity contribution < 1.29 is 23.8 Å². The highest BCUT2D eigenvalue weighted by Gasteiger charge is 2.17. The Kier molecular flexibility index (Phi) is 5.07. The molecule has 0 spiro atoms. The van der Waals surface area contributed by atoms with Crippen molar-refractivity contribution in [2.75, 3.05) is 19.8 Å². The van der Waals surface area contributed by atoms with Crippen molar-refractivity contribution in [3.05, 3.63) is 29.0 Å². The van der Waals surface area contributed by atoms with Crippen molar-refractivity contribution in [3.63, 3.8) is 0 Å². The summed E-state index contributed by atoms with van der Waals surface area (Å²) in [6, 6.07) is 3.53. The second-order valence-electron chi connectivity index (χ2n) is 4.10. The van der Waals surface area contributed by atoms with E-state index in [1.54, 1.807) is 25.3 Å². The summed E-state index contributed by atoms with van der Waals surface area (Å²) >= 11 is 1.37. The van der Waals surface area contributed by atoms with E-state index in [-0.39, 0.29) is 25.7 Å². The van der Waals surface area contributed by atoms with Crippen LogP contribution in [0.15, 0.2) is 22.8 Å². The molecule has 21 heavy (non-hydrogen) atoms. The molecule has 0 aromatic carbocycles. The van der Waals surface area contributed by atoms with Crippen LogP contribution in [0.5, 0.6) is 0 Å². The Balaban J connectivity index is 1.89. The lowest BCUT2D eigenvalue weighted by Crippen LogP contribution is -2.28. The van der Waals surface area contributed by atoms with E-state index in [1.807, 2.05) is 0 Å². The summed E-state index contributed by atoms with van der Waals surface area (Å²) in [5.74, 6) is -0.743. The predicted octanol–water partition coefficient (Wildman–Crippen LogP) is 1.54. The molecule has 2 rings (SSSR count). The summed E-state index contributed by atoms with van der Waals surface area (Å²) in [6.07, 6.45) is 1.55. The summed E-state index contributed by atoms with van der Waals surface area (Å²) in [7, 11) is 0. The zero-order chi connectivity index (χ0) is 15.2. The van der Waals surface area contributed by atoms with Gasteiger partial charge in [-0.25, -0.2) is 9.78 Å². The Hall–Kier alpha value is -2.19. The van der Waals surface area contributed by atoms with Crippen LogP contribution in [0.2, 0.25) is 0 Å². The molecule has 2 N–H and O–H groups in total. The third kappa shape index (κ3) is 4.14. The molecule has 0 radical (unpaired) electrons. The molecule has 0 saturated carbocycles. The van der Waals surface area contributed by atoms with Crippen molar-refractivity contribution in [1.29, 1.82) is 0 Å². The first kappa shape index (κ1) is 15.2. The van der Waals surface area contributed by atoms with Gasteiger partial charge in [0.15, 0.2) is 10.8 Å². The Morgan fingerprint density at radius 3 is 3.00 bits per heavy atom. The number of hydrogen-bond donors (Lipinski definition) is 2. The molecule has 0 atom stereocenters. The predicted molar refractivity (Wildman–Crippen MR) is 75.3 cm³/mol. The highest BCUT2D eigenvalue weighted by Crippen LogP contribution is 2.27. The van der Waals surface area contributed by atoms with Crippen LogP contribution in [0.4, 0.5) is 0 Å². The largest absolute Gasteiger partial charge is 0.480 e. The number of carbonyl (C=O) groups is 2. The molecule has 2 aromatic rings. The molecule has 0 saturated heterocycles. The number of carboxylic acids is 1. The van der Waals surface area contributed by atoms with Gasteiger partial charge >= 0.3 is 5.97 Å². The normalized spacial score (nSPS) is 10.5. The maximum atomic E-state index is 12.0. The van der Waals surface area contributed by atoms with Gasteiger partial charge in [0.2, 0.25) is 0 Å². The lowest BCUT2D eigenvalue weighted by molar-refractivity contribution is -0.142. The average molecular weight is 310 g/mol. The van der Waals surface area contributed by atoms with Gasteiger partial charge < -0.3 is 19.6 Å². The highest BCUT2D eigenvalue weighted by atomic mass is 32.1. The minimum absolute atomic E-state index is 0.131. The molecule has 0 fully saturated rings. The molecule has 0 aliphatic heterocycles. The zero-order valence-corrected chi connectivity index (χ0v) is 12.1. The number of aliphatic carboxylic acids is 1. The molecule has 0 bridgehead atoms. The second kappa shape index (κ2) is 7.00. The third-order valence-electron chi connectivity index (χ3n) is 2.50. The Bertz CT molecular complexity index is 621. The SMILES string of the molecule is Cc1sc(-c2ccco2)nc1C(=O)NCCOCC(=O)O. The maximum Gasteiger partial charge on any atom is 0.329 e. The first-order chi connectivity index (χ1) is 10.1. The molecule has 112 valence electrons. The van der Waals surface area contributed by atoms with Gasteiger partial charge in [0.25, 0.3) is 5.91 Å². The van der Waals surface area contributed by atoms with Crippen LogP contribution in [-0.2, 0) is 9.53 Å². The van der Waals surface area contributed by atoms with Gasteiger partial charge in [-0.15, -0.1) is 11.3 Å². The molecule has 2 heterocycles. The smallest absolute Gasteiger partial charge is 0.329 e. The number of rotatable bonds is 7. The van der Waals surface area contributed by atoms with Crippen LogP contribution in [0.3, 0.4) is 0 Å². The van der Waals surface area contributed by atoms with Crippen LogP contribution in [-0.4, -0.2) is 41.7 Å². The molecule has 7 nitrogen and oxygen atoms in total. The second-order valence-corrected chi connectivity index (χ2v) is 5.31. The van der Waals surface area contributed by atoms with Gasteiger partial charge in [0.05, 0.1) is 12.9 Å². The molecule has 0 aliphatic carbocycles. The van der Waals surface area contributed by atoms with E-state index < -0.39 is 5.97 Å². The van der Waals surface area contributed by atoms with Crippen molar-refractivity contribution in [3.8, 4) is 10.8 Å². The third-order valence-corrected chi connectivity index (χ3v) is 3.49. The van der Waals surface area contributed by atoms with E-state index in [2.05, 4.69) is 10.3 Å². The molecule has 8 heteroatoms. The van der Waals surface area contributed by atoms with Gasteiger partial charge in [-0.05, 0) is 19.1 Å². The average Bonchev–Trinajstić information content (AvgIpc) is 3.06. The van der Waals surface area contributed by atoms with Crippen molar-refractivity contribution in [2.24, 2.45) is 0 Å². The number of aryl methyl sites for hydroxylation is 1. The molecule has 2 aromatic heterocycles. The fourth-order valence-electron chi connectivity index (χ4n) is 1.59.